The lowest BCUT2D eigenvalue weighted by atomic mass is 9.98. The molecule has 2 heterocycles. The molecule has 1 aromatic carbocycles. The van der Waals surface area contributed by atoms with E-state index in [1.54, 1.807) is 0 Å². The summed E-state index contributed by atoms with van der Waals surface area (Å²) in [6, 6.07) is -1.24. The van der Waals surface area contributed by atoms with Crippen molar-refractivity contribution in [3.05, 3.63) is 63.7 Å². The Hall–Kier alpha value is -3.02. The lowest BCUT2D eigenvalue weighted by molar-refractivity contribution is -0.143. The molecule has 0 spiro atoms. The van der Waals surface area contributed by atoms with E-state index < -0.39 is 63.9 Å². The minimum Gasteiger partial charge on any atom is -0.343 e. The van der Waals surface area contributed by atoms with Gasteiger partial charge >= 0.3 is 12.2 Å². The van der Waals surface area contributed by atoms with Crippen molar-refractivity contribution in [3.63, 3.8) is 0 Å². The van der Waals surface area contributed by atoms with E-state index in [4.69, 9.17) is 11.6 Å². The van der Waals surface area contributed by atoms with E-state index in [1.165, 1.54) is 0 Å². The minimum absolute atomic E-state index is 0.121. The van der Waals surface area contributed by atoms with Crippen LogP contribution in [0.2, 0.25) is 5.02 Å². The van der Waals surface area contributed by atoms with Crippen LogP contribution in [0.25, 0.3) is 0 Å². The van der Waals surface area contributed by atoms with E-state index in [9.17, 15) is 35.9 Å². The van der Waals surface area contributed by atoms with Crippen LogP contribution < -0.4 is 16.0 Å². The number of benzene rings is 1. The number of urea groups is 1. The summed E-state index contributed by atoms with van der Waals surface area (Å²) in [6.45, 7) is -0.121. The first-order chi connectivity index (χ1) is 14.0. The molecule has 6 nitrogen and oxygen atoms in total. The van der Waals surface area contributed by atoms with E-state index in [1.807, 2.05) is 0 Å². The second kappa shape index (κ2) is 8.01. The van der Waals surface area contributed by atoms with Crippen LogP contribution in [0.5, 0.6) is 0 Å². The van der Waals surface area contributed by atoms with Gasteiger partial charge in [-0.05, 0) is 12.1 Å². The Labute approximate surface area is 169 Å². The average molecular weight is 453 g/mol. The van der Waals surface area contributed by atoms with E-state index in [0.29, 0.717) is 12.3 Å². The molecule has 3 amide bonds. The Bertz CT molecular complexity index is 1020. The molecule has 1 unspecified atom stereocenters. The Morgan fingerprint density at radius 3 is 2.50 bits per heavy atom. The van der Waals surface area contributed by atoms with Crippen LogP contribution in [0.1, 0.15) is 22.9 Å². The van der Waals surface area contributed by atoms with Crippen molar-refractivity contribution >= 4 is 23.5 Å². The van der Waals surface area contributed by atoms with Crippen molar-refractivity contribution in [3.8, 4) is 0 Å². The number of carbonyl (C=O) groups excluding carboxylic acids is 2. The number of pyridine rings is 1. The van der Waals surface area contributed by atoms with Crippen molar-refractivity contribution in [2.45, 2.75) is 18.3 Å². The first-order valence-corrected chi connectivity index (χ1v) is 8.57. The van der Waals surface area contributed by atoms with Gasteiger partial charge in [0.1, 0.15) is 22.7 Å². The summed E-state index contributed by atoms with van der Waals surface area (Å²) in [7, 11) is 0. The van der Waals surface area contributed by atoms with Crippen LogP contribution in [-0.4, -0.2) is 29.5 Å². The summed E-state index contributed by atoms with van der Waals surface area (Å²) in [4.78, 5) is 26.7. The molecule has 1 aliphatic rings. The highest BCUT2D eigenvalue weighted by Crippen LogP contribution is 2.33. The maximum absolute atomic E-state index is 14.6. The molecule has 1 aromatic heterocycles. The molecule has 2 aromatic rings. The van der Waals surface area contributed by atoms with Crippen molar-refractivity contribution in [1.82, 2.24) is 20.9 Å². The lowest BCUT2D eigenvalue weighted by Crippen LogP contribution is -2.44. The zero-order chi connectivity index (χ0) is 22.2. The number of alkyl halides is 3. The zero-order valence-electron chi connectivity index (χ0n) is 14.6. The topological polar surface area (TPSA) is 83.1 Å². The van der Waals surface area contributed by atoms with Gasteiger partial charge in [0, 0.05) is 23.9 Å². The van der Waals surface area contributed by atoms with Crippen molar-refractivity contribution in [2.24, 2.45) is 0 Å². The Morgan fingerprint density at radius 2 is 1.93 bits per heavy atom. The number of halogens is 7. The molecule has 0 saturated carbocycles. The number of hydrogen-bond donors (Lipinski definition) is 3. The quantitative estimate of drug-likeness (QED) is 0.492. The van der Waals surface area contributed by atoms with Crippen LogP contribution >= 0.6 is 11.6 Å². The van der Waals surface area contributed by atoms with Gasteiger partial charge in [-0.15, -0.1) is 0 Å². The monoisotopic (exact) mass is 452 g/mol. The highest BCUT2D eigenvalue weighted by atomic mass is 35.5. The predicted octanol–water partition coefficient (Wildman–Crippen LogP) is 3.06. The summed E-state index contributed by atoms with van der Waals surface area (Å²) >= 11 is 5.55. The van der Waals surface area contributed by atoms with Crippen LogP contribution in [0.4, 0.5) is 31.1 Å². The summed E-state index contributed by atoms with van der Waals surface area (Å²) in [5, 5.41) is 5.92. The minimum atomic E-state index is -5.08. The third kappa shape index (κ3) is 4.27. The first kappa shape index (κ1) is 21.7. The summed E-state index contributed by atoms with van der Waals surface area (Å²) in [6.07, 6.45) is -4.48. The average Bonchev–Trinajstić information content (AvgIpc) is 3.10. The molecule has 0 bridgehead atoms. The maximum atomic E-state index is 14.6. The number of amides is 3. The fraction of sp³-hybridized carbons (Fsp3) is 0.235. The second-order valence-electron chi connectivity index (χ2n) is 6.21. The van der Waals surface area contributed by atoms with Gasteiger partial charge in [-0.2, -0.15) is 13.2 Å². The smallest absolute Gasteiger partial charge is 0.343 e. The van der Waals surface area contributed by atoms with E-state index in [0.717, 1.165) is 12.1 Å². The fourth-order valence-corrected chi connectivity index (χ4v) is 2.95. The molecule has 1 aliphatic heterocycles. The fourth-order valence-electron chi connectivity index (χ4n) is 2.78. The molecule has 3 N–H and O–H groups in total. The normalized spacial score (nSPS) is 17.3. The highest BCUT2D eigenvalue weighted by Gasteiger charge is 2.37. The lowest BCUT2D eigenvalue weighted by Gasteiger charge is -2.23. The van der Waals surface area contributed by atoms with Crippen LogP contribution in [0, 0.1) is 17.5 Å². The standard InChI is InChI=1S/C17H11ClF6N4O2/c18-11-8(19)2-1-7(12(11)21)13(28-15(29)10-5-26-16(30)27-10)6-3-9(20)14(25-4-6)17(22,23)24/h1-4,10,13H,5H2,(H,28,29)(H2,26,27,30)/t10?,13-/m1/s1. The van der Waals surface area contributed by atoms with Crippen LogP contribution in [0.15, 0.2) is 24.4 Å². The third-order valence-electron chi connectivity index (χ3n) is 4.22. The SMILES string of the molecule is O=C1NCC(C(=O)N[C@H](c2cnc(C(F)(F)F)c(F)c2)c2ccc(F)c(Cl)c2F)N1. The third-order valence-corrected chi connectivity index (χ3v) is 4.56. The molecule has 0 aliphatic carbocycles. The molecule has 1 fully saturated rings. The van der Waals surface area contributed by atoms with Gasteiger partial charge in [0.2, 0.25) is 5.91 Å². The van der Waals surface area contributed by atoms with Crippen molar-refractivity contribution in [1.29, 1.82) is 0 Å². The van der Waals surface area contributed by atoms with Crippen LogP contribution in [0.3, 0.4) is 0 Å². The van der Waals surface area contributed by atoms with Crippen molar-refractivity contribution in [2.75, 3.05) is 6.54 Å². The van der Waals surface area contributed by atoms with Gasteiger partial charge in [0.25, 0.3) is 0 Å². The van der Waals surface area contributed by atoms with E-state index in [-0.39, 0.29) is 12.1 Å². The molecule has 3 rings (SSSR count). The van der Waals surface area contributed by atoms with E-state index >= 15 is 0 Å². The summed E-state index contributed by atoms with van der Waals surface area (Å²) in [5.74, 6) is -5.05. The van der Waals surface area contributed by atoms with Gasteiger partial charge in [-0.3, -0.25) is 4.79 Å². The predicted molar refractivity (Wildman–Crippen MR) is 90.9 cm³/mol. The number of nitrogens with one attached hydrogen (secondary N) is 3. The van der Waals surface area contributed by atoms with Gasteiger partial charge in [0.05, 0.1) is 6.04 Å². The van der Waals surface area contributed by atoms with E-state index in [2.05, 4.69) is 20.9 Å². The van der Waals surface area contributed by atoms with Crippen molar-refractivity contribution < 1.29 is 35.9 Å². The number of aromatic nitrogens is 1. The van der Waals surface area contributed by atoms with Gasteiger partial charge in [-0.25, -0.2) is 22.9 Å². The largest absolute Gasteiger partial charge is 0.436 e. The molecule has 13 heteroatoms. The highest BCUT2D eigenvalue weighted by molar-refractivity contribution is 6.31. The maximum Gasteiger partial charge on any atom is 0.436 e. The molecular formula is C17H11ClF6N4O2. The molecular weight excluding hydrogens is 442 g/mol. The second-order valence-corrected chi connectivity index (χ2v) is 6.59. The number of hydrogen-bond acceptors (Lipinski definition) is 3. The van der Waals surface area contributed by atoms with Gasteiger partial charge in [0.15, 0.2) is 11.5 Å². The number of rotatable bonds is 4. The molecule has 1 saturated heterocycles. The summed E-state index contributed by atoms with van der Waals surface area (Å²) < 4.78 is 80.4. The molecule has 2 atom stereocenters. The van der Waals surface area contributed by atoms with Crippen LogP contribution in [-0.2, 0) is 11.0 Å². The number of carbonyl (C=O) groups is 2. The zero-order valence-corrected chi connectivity index (χ0v) is 15.3. The molecule has 0 radical (unpaired) electrons. The summed E-state index contributed by atoms with van der Waals surface area (Å²) in [5.41, 5.74) is -2.62. The number of nitrogens with zero attached hydrogens (tertiary/aromatic N) is 1. The van der Waals surface area contributed by atoms with Gasteiger partial charge < -0.3 is 16.0 Å². The Morgan fingerprint density at radius 1 is 1.23 bits per heavy atom. The Balaban J connectivity index is 2.04. The molecule has 160 valence electrons. The van der Waals surface area contributed by atoms with Gasteiger partial charge in [-0.1, -0.05) is 17.7 Å². The first-order valence-electron chi connectivity index (χ1n) is 8.19. The molecule has 30 heavy (non-hydrogen) atoms. The Kier molecular flexibility index (Phi) is 5.79.